The number of nitriles is 1. The van der Waals surface area contributed by atoms with Crippen molar-refractivity contribution >= 4 is 11.5 Å². The van der Waals surface area contributed by atoms with Gasteiger partial charge in [-0.05, 0) is 19.9 Å². The van der Waals surface area contributed by atoms with Crippen LogP contribution in [0.25, 0.3) is 5.57 Å². The average molecular weight is 276 g/mol. The smallest absolute Gasteiger partial charge is 0.341 e. The zero-order valence-electron chi connectivity index (χ0n) is 11.7. The first-order valence-electron chi connectivity index (χ1n) is 6.12. The van der Waals surface area contributed by atoms with Gasteiger partial charge < -0.3 is 14.2 Å². The number of rotatable bonds is 6. The zero-order chi connectivity index (χ0) is 15.0. The summed E-state index contributed by atoms with van der Waals surface area (Å²) in [5.41, 5.74) is 0.573. The third-order valence-electron chi connectivity index (χ3n) is 2.34. The van der Waals surface area contributed by atoms with Gasteiger partial charge in [0.25, 0.3) is 0 Å². The third kappa shape index (κ3) is 3.72. The second-order valence-electron chi connectivity index (χ2n) is 3.57. The second-order valence-corrected chi connectivity index (χ2v) is 3.57. The van der Waals surface area contributed by atoms with Gasteiger partial charge in [-0.3, -0.25) is 0 Å². The summed E-state index contributed by atoms with van der Waals surface area (Å²) in [6, 6.07) is 5.07. The molecule has 0 saturated carbocycles. The van der Waals surface area contributed by atoms with Crippen molar-refractivity contribution in [2.75, 3.05) is 20.3 Å². The molecule has 6 heteroatoms. The highest BCUT2D eigenvalue weighted by Gasteiger charge is 2.19. The van der Waals surface area contributed by atoms with Crippen molar-refractivity contribution in [3.63, 3.8) is 0 Å². The molecule has 0 bridgehead atoms. The molecule has 1 heterocycles. The van der Waals surface area contributed by atoms with Crippen LogP contribution in [0.1, 0.15) is 25.1 Å². The van der Waals surface area contributed by atoms with E-state index in [0.717, 1.165) is 0 Å². The maximum atomic E-state index is 11.9. The number of hydrogen-bond acceptors (Lipinski definition) is 6. The molecule has 0 aromatic carbocycles. The Hall–Kier alpha value is -2.55. The molecule has 0 N–H and O–H groups in total. The first kappa shape index (κ1) is 15.5. The topological polar surface area (TPSA) is 81.4 Å². The lowest BCUT2D eigenvalue weighted by molar-refractivity contribution is -0.136. The molecule has 0 atom stereocenters. The summed E-state index contributed by atoms with van der Waals surface area (Å²) < 4.78 is 15.0. The quantitative estimate of drug-likeness (QED) is 0.448. The normalized spacial score (nSPS) is 10.6. The monoisotopic (exact) mass is 276 g/mol. The molecule has 0 aliphatic carbocycles. The van der Waals surface area contributed by atoms with Gasteiger partial charge in [-0.2, -0.15) is 5.26 Å². The van der Waals surface area contributed by atoms with Gasteiger partial charge in [0, 0.05) is 11.6 Å². The summed E-state index contributed by atoms with van der Waals surface area (Å²) in [5.74, 6) is -0.269. The van der Waals surface area contributed by atoms with Crippen LogP contribution in [-0.2, 0) is 14.3 Å². The van der Waals surface area contributed by atoms with Gasteiger partial charge in [0.05, 0.1) is 26.6 Å². The van der Waals surface area contributed by atoms with Crippen LogP contribution in [0.4, 0.5) is 0 Å². The lowest BCUT2D eigenvalue weighted by atomic mass is 10.1. The maximum Gasteiger partial charge on any atom is 0.341 e. The summed E-state index contributed by atoms with van der Waals surface area (Å²) in [6.07, 6.45) is 1.28. The average Bonchev–Trinajstić information content (AvgIpc) is 2.48. The Balaban J connectivity index is 3.27. The van der Waals surface area contributed by atoms with Crippen LogP contribution in [0.2, 0.25) is 0 Å². The van der Waals surface area contributed by atoms with E-state index in [-0.39, 0.29) is 17.9 Å². The molecule has 1 aromatic heterocycles. The van der Waals surface area contributed by atoms with Crippen LogP contribution in [0.15, 0.2) is 18.4 Å². The third-order valence-corrected chi connectivity index (χ3v) is 2.34. The fraction of sp³-hybridized carbons (Fsp3) is 0.357. The first-order chi connectivity index (χ1) is 9.67. The number of methoxy groups -OCH3 is 1. The summed E-state index contributed by atoms with van der Waals surface area (Å²) >= 11 is 0. The molecular weight excluding hydrogens is 260 g/mol. The van der Waals surface area contributed by atoms with E-state index in [1.807, 2.05) is 6.07 Å². The number of pyridine rings is 1. The van der Waals surface area contributed by atoms with Gasteiger partial charge in [-0.25, -0.2) is 9.78 Å². The summed E-state index contributed by atoms with van der Waals surface area (Å²) in [5, 5.41) is 9.14. The number of carbonyl (C=O) groups is 1. The van der Waals surface area contributed by atoms with E-state index < -0.39 is 5.97 Å². The van der Waals surface area contributed by atoms with E-state index in [4.69, 9.17) is 19.5 Å². The van der Waals surface area contributed by atoms with E-state index in [1.54, 1.807) is 26.0 Å². The summed E-state index contributed by atoms with van der Waals surface area (Å²) in [7, 11) is 1.45. The van der Waals surface area contributed by atoms with Gasteiger partial charge in [0.2, 0.25) is 5.88 Å². The fourth-order valence-corrected chi connectivity index (χ4v) is 1.45. The Labute approximate surface area is 117 Å². The van der Waals surface area contributed by atoms with E-state index in [0.29, 0.717) is 18.1 Å². The number of aromatic nitrogens is 1. The van der Waals surface area contributed by atoms with Gasteiger partial charge in [-0.1, -0.05) is 0 Å². The number of carbonyl (C=O) groups excluding carboxylic acids is 1. The number of esters is 1. The minimum Gasteiger partial charge on any atom is -0.501 e. The van der Waals surface area contributed by atoms with E-state index in [1.165, 1.54) is 13.4 Å². The van der Waals surface area contributed by atoms with Gasteiger partial charge in [0.1, 0.15) is 11.6 Å². The Kier molecular flexibility index (Phi) is 6.04. The SMILES string of the molecule is CCOC=C(C(=O)OCC)c1ccc(OC)nc1C#N. The molecule has 0 amide bonds. The van der Waals surface area contributed by atoms with Crippen molar-refractivity contribution in [2.24, 2.45) is 0 Å². The van der Waals surface area contributed by atoms with Gasteiger partial charge in [0.15, 0.2) is 5.69 Å². The van der Waals surface area contributed by atoms with E-state index in [2.05, 4.69) is 4.98 Å². The number of ether oxygens (including phenoxy) is 3. The fourth-order valence-electron chi connectivity index (χ4n) is 1.45. The molecule has 0 unspecified atom stereocenters. The molecule has 106 valence electrons. The first-order valence-corrected chi connectivity index (χ1v) is 6.12. The molecule has 0 radical (unpaired) electrons. The molecule has 0 saturated heterocycles. The van der Waals surface area contributed by atoms with Crippen LogP contribution in [0.3, 0.4) is 0 Å². The van der Waals surface area contributed by atoms with E-state index >= 15 is 0 Å². The van der Waals surface area contributed by atoms with Gasteiger partial charge in [-0.15, -0.1) is 0 Å². The van der Waals surface area contributed by atoms with Crippen molar-refractivity contribution < 1.29 is 19.0 Å². The highest BCUT2D eigenvalue weighted by Crippen LogP contribution is 2.22. The Morgan fingerprint density at radius 1 is 1.40 bits per heavy atom. The zero-order valence-corrected chi connectivity index (χ0v) is 11.7. The van der Waals surface area contributed by atoms with Gasteiger partial charge >= 0.3 is 5.97 Å². The molecular formula is C14H16N2O4. The molecule has 0 fully saturated rings. The molecule has 0 spiro atoms. The van der Waals surface area contributed by atoms with Crippen molar-refractivity contribution in [1.82, 2.24) is 4.98 Å². The second kappa shape index (κ2) is 7.79. The highest BCUT2D eigenvalue weighted by molar-refractivity contribution is 6.16. The van der Waals surface area contributed by atoms with Crippen molar-refractivity contribution in [3.8, 4) is 11.9 Å². The standard InChI is InChI=1S/C14H16N2O4/c1-4-19-9-11(14(17)20-5-2)10-6-7-13(18-3)16-12(10)8-15/h6-7,9H,4-5H2,1-3H3. The highest BCUT2D eigenvalue weighted by atomic mass is 16.5. The number of nitrogens with zero attached hydrogens (tertiary/aromatic N) is 2. The Morgan fingerprint density at radius 3 is 2.70 bits per heavy atom. The van der Waals surface area contributed by atoms with Crippen LogP contribution in [0, 0.1) is 11.3 Å². The minimum absolute atomic E-state index is 0.0726. The Morgan fingerprint density at radius 2 is 2.15 bits per heavy atom. The van der Waals surface area contributed by atoms with Crippen LogP contribution in [0.5, 0.6) is 5.88 Å². The number of hydrogen-bond donors (Lipinski definition) is 0. The molecule has 20 heavy (non-hydrogen) atoms. The van der Waals surface area contributed by atoms with E-state index in [9.17, 15) is 4.79 Å². The predicted octanol–water partition coefficient (Wildman–Crippen LogP) is 1.90. The lowest BCUT2D eigenvalue weighted by Gasteiger charge is -2.09. The predicted molar refractivity (Wildman–Crippen MR) is 71.7 cm³/mol. The summed E-state index contributed by atoms with van der Waals surface area (Å²) in [4.78, 5) is 15.9. The van der Waals surface area contributed by atoms with Crippen molar-refractivity contribution in [1.29, 1.82) is 5.26 Å². The molecule has 0 aliphatic rings. The molecule has 1 aromatic rings. The van der Waals surface area contributed by atoms with Crippen LogP contribution in [-0.4, -0.2) is 31.3 Å². The van der Waals surface area contributed by atoms with Crippen LogP contribution < -0.4 is 4.74 Å². The summed E-state index contributed by atoms with van der Waals surface area (Å²) in [6.45, 7) is 4.12. The minimum atomic E-state index is -0.565. The van der Waals surface area contributed by atoms with Crippen LogP contribution >= 0.6 is 0 Å². The maximum absolute atomic E-state index is 11.9. The van der Waals surface area contributed by atoms with Crippen molar-refractivity contribution in [3.05, 3.63) is 29.7 Å². The Bertz CT molecular complexity index is 547. The molecule has 6 nitrogen and oxygen atoms in total. The lowest BCUT2D eigenvalue weighted by Crippen LogP contribution is -2.09. The largest absolute Gasteiger partial charge is 0.501 e. The molecule has 0 aliphatic heterocycles. The molecule has 1 rings (SSSR count). The van der Waals surface area contributed by atoms with Crippen molar-refractivity contribution in [2.45, 2.75) is 13.8 Å².